The van der Waals surface area contributed by atoms with Crippen molar-refractivity contribution in [3.05, 3.63) is 131 Å². The summed E-state index contributed by atoms with van der Waals surface area (Å²) in [6.45, 7) is 2.20. The molecule has 42 heavy (non-hydrogen) atoms. The van der Waals surface area contributed by atoms with Gasteiger partial charge in [0.1, 0.15) is 13.1 Å². The molecule has 2 N–H and O–H groups in total. The van der Waals surface area contributed by atoms with Gasteiger partial charge in [0.25, 0.3) is 0 Å². The minimum atomic E-state index is -0.946. The molecule has 0 amide bonds. The highest BCUT2D eigenvalue weighted by molar-refractivity contribution is 8.76. The van der Waals surface area contributed by atoms with Gasteiger partial charge in [-0.15, -0.1) is 0 Å². The van der Waals surface area contributed by atoms with E-state index in [1.54, 1.807) is 48.5 Å². The van der Waals surface area contributed by atoms with Crippen molar-refractivity contribution in [3.8, 4) is 0 Å². The summed E-state index contributed by atoms with van der Waals surface area (Å²) in [6, 6.07) is 34.3. The second-order valence-electron chi connectivity index (χ2n) is 11.7. The molecule has 0 unspecified atom stereocenters. The van der Waals surface area contributed by atoms with Gasteiger partial charge in [0.15, 0.2) is 0 Å². The maximum Gasteiger partial charge on any atom is 0.335 e. The lowest BCUT2D eigenvalue weighted by atomic mass is 10.2. The number of hydrogen-bond acceptors (Lipinski definition) is 4. The molecular formula is C34H42N2O4S2+2. The maximum atomic E-state index is 10.7. The van der Waals surface area contributed by atoms with Crippen molar-refractivity contribution in [3.63, 3.8) is 0 Å². The van der Waals surface area contributed by atoms with Crippen LogP contribution in [0.3, 0.4) is 0 Å². The summed E-state index contributed by atoms with van der Waals surface area (Å²) in [6.07, 6.45) is 0. The highest BCUT2D eigenvalue weighted by Crippen LogP contribution is 2.37. The molecule has 0 aromatic heterocycles. The van der Waals surface area contributed by atoms with Crippen LogP contribution in [-0.4, -0.2) is 73.4 Å². The Morgan fingerprint density at radius 2 is 0.786 bits per heavy atom. The molecule has 222 valence electrons. The van der Waals surface area contributed by atoms with Crippen molar-refractivity contribution < 1.29 is 28.8 Å². The van der Waals surface area contributed by atoms with Gasteiger partial charge in [0.2, 0.25) is 0 Å². The fraction of sp³-hybridized carbons (Fsp3) is 0.235. The van der Waals surface area contributed by atoms with Crippen LogP contribution in [0.15, 0.2) is 119 Å². The van der Waals surface area contributed by atoms with E-state index in [2.05, 4.69) is 103 Å². The number of carboxylic acids is 2. The largest absolute Gasteiger partial charge is 0.478 e. The molecule has 0 aliphatic rings. The molecule has 6 nitrogen and oxygen atoms in total. The molecule has 8 heteroatoms. The zero-order valence-electron chi connectivity index (χ0n) is 25.2. The van der Waals surface area contributed by atoms with E-state index in [1.165, 1.54) is 32.7 Å². The van der Waals surface area contributed by atoms with Gasteiger partial charge < -0.3 is 19.2 Å². The third-order valence-electron chi connectivity index (χ3n) is 5.44. The Morgan fingerprint density at radius 1 is 0.500 bits per heavy atom. The normalized spacial score (nSPS) is 10.9. The first-order valence-corrected chi connectivity index (χ1v) is 15.6. The zero-order chi connectivity index (χ0) is 31.2. The van der Waals surface area contributed by atoms with Gasteiger partial charge in [-0.05, 0) is 48.5 Å². The first kappa shape index (κ1) is 34.6. The highest BCUT2D eigenvalue weighted by Gasteiger charge is 2.08. The minimum absolute atomic E-state index is 0.255. The van der Waals surface area contributed by atoms with Gasteiger partial charge in [-0.25, -0.2) is 9.59 Å². The van der Waals surface area contributed by atoms with Crippen molar-refractivity contribution in [2.75, 3.05) is 42.3 Å². The third kappa shape index (κ3) is 14.9. The van der Waals surface area contributed by atoms with Crippen LogP contribution in [0, 0.1) is 0 Å². The van der Waals surface area contributed by atoms with Gasteiger partial charge in [-0.1, -0.05) is 82.3 Å². The molecule has 0 heterocycles. The van der Waals surface area contributed by atoms with Gasteiger partial charge in [-0.2, -0.15) is 0 Å². The van der Waals surface area contributed by atoms with Crippen LogP contribution in [-0.2, 0) is 13.1 Å². The number of benzene rings is 4. The standard InChI is InChI=1S/C14H10O4S2.2C10H16N/c15-13(16)9-1-5-11(6-2-9)19-20-12-7-3-10(4-8-12)14(17)18;2*1-11(2,3)9-10-7-5-4-6-8-10/h1-8H,(H,15,16)(H,17,18);2*4-8H,9H2,1-3H3/q;2*+1. The predicted octanol–water partition coefficient (Wildman–Crippen LogP) is 7.67. The monoisotopic (exact) mass is 606 g/mol. The number of carboxylic acid groups (broad SMARTS) is 2. The Hall–Kier alpha value is -3.56. The van der Waals surface area contributed by atoms with Crippen LogP contribution in [0.5, 0.6) is 0 Å². The summed E-state index contributed by atoms with van der Waals surface area (Å²) < 4.78 is 1.98. The van der Waals surface area contributed by atoms with Crippen LogP contribution < -0.4 is 0 Å². The van der Waals surface area contributed by atoms with Crippen LogP contribution >= 0.6 is 21.6 Å². The van der Waals surface area contributed by atoms with E-state index in [0.29, 0.717) is 0 Å². The average molecular weight is 607 g/mol. The van der Waals surface area contributed by atoms with Crippen LogP contribution in [0.2, 0.25) is 0 Å². The lowest BCUT2D eigenvalue weighted by molar-refractivity contribution is -0.884. The van der Waals surface area contributed by atoms with E-state index in [4.69, 9.17) is 10.2 Å². The number of nitrogens with zero attached hydrogens (tertiary/aromatic N) is 2. The van der Waals surface area contributed by atoms with Crippen LogP contribution in [0.1, 0.15) is 31.8 Å². The molecule has 0 spiro atoms. The summed E-state index contributed by atoms with van der Waals surface area (Å²) in [7, 11) is 16.2. The van der Waals surface area contributed by atoms with E-state index in [-0.39, 0.29) is 11.1 Å². The lowest BCUT2D eigenvalue weighted by Gasteiger charge is -2.23. The predicted molar refractivity (Wildman–Crippen MR) is 175 cm³/mol. The molecule has 4 rings (SSSR count). The second-order valence-corrected chi connectivity index (χ2v) is 14.0. The number of hydrogen-bond donors (Lipinski definition) is 2. The molecule has 4 aromatic carbocycles. The third-order valence-corrected chi connectivity index (χ3v) is 7.85. The van der Waals surface area contributed by atoms with Crippen LogP contribution in [0.4, 0.5) is 0 Å². The lowest BCUT2D eigenvalue weighted by Crippen LogP contribution is -2.33. The Bertz CT molecular complexity index is 1260. The number of rotatable bonds is 9. The first-order chi connectivity index (χ1) is 19.7. The Balaban J connectivity index is 0.000000239. The molecule has 0 aliphatic heterocycles. The fourth-order valence-electron chi connectivity index (χ4n) is 3.66. The minimum Gasteiger partial charge on any atom is -0.478 e. The van der Waals surface area contributed by atoms with Crippen molar-refractivity contribution in [2.45, 2.75) is 22.9 Å². The van der Waals surface area contributed by atoms with Crippen molar-refractivity contribution in [1.82, 2.24) is 0 Å². The molecular weight excluding hydrogens is 565 g/mol. The summed E-state index contributed by atoms with van der Waals surface area (Å²) in [4.78, 5) is 23.3. The van der Waals surface area contributed by atoms with Crippen molar-refractivity contribution in [1.29, 1.82) is 0 Å². The summed E-state index contributed by atoms with van der Waals surface area (Å²) in [5.74, 6) is -1.89. The average Bonchev–Trinajstić information content (AvgIpc) is 2.92. The van der Waals surface area contributed by atoms with Gasteiger partial charge in [0.05, 0.1) is 53.4 Å². The summed E-state index contributed by atoms with van der Waals surface area (Å²) in [5.41, 5.74) is 3.32. The molecule has 0 atom stereocenters. The smallest absolute Gasteiger partial charge is 0.335 e. The molecule has 0 bridgehead atoms. The second kappa shape index (κ2) is 16.8. The maximum absolute atomic E-state index is 10.7. The molecule has 0 fully saturated rings. The van der Waals surface area contributed by atoms with E-state index in [9.17, 15) is 9.59 Å². The number of carbonyl (C=O) groups is 2. The van der Waals surface area contributed by atoms with Gasteiger partial charge >= 0.3 is 11.9 Å². The van der Waals surface area contributed by atoms with E-state index < -0.39 is 11.9 Å². The number of quaternary nitrogens is 2. The van der Waals surface area contributed by atoms with E-state index in [1.807, 2.05) is 0 Å². The molecule has 0 saturated heterocycles. The Kier molecular flexibility index (Phi) is 13.8. The SMILES string of the molecule is C[N+](C)(C)Cc1ccccc1.C[N+](C)(C)Cc1ccccc1.O=C(O)c1ccc(SSc2ccc(C(=O)O)cc2)cc1. The first-order valence-electron chi connectivity index (χ1n) is 13.4. The Labute approximate surface area is 258 Å². The molecule has 0 aliphatic carbocycles. The van der Waals surface area contributed by atoms with Crippen molar-refractivity contribution >= 4 is 33.5 Å². The molecule has 0 saturated carbocycles. The summed E-state index contributed by atoms with van der Waals surface area (Å²) in [5, 5.41) is 17.6. The van der Waals surface area contributed by atoms with E-state index in [0.717, 1.165) is 31.8 Å². The fourth-order valence-corrected chi connectivity index (χ4v) is 5.60. The Morgan fingerprint density at radius 3 is 1.02 bits per heavy atom. The quantitative estimate of drug-likeness (QED) is 0.150. The number of aromatic carboxylic acids is 2. The highest BCUT2D eigenvalue weighted by atomic mass is 33.1. The van der Waals surface area contributed by atoms with Gasteiger partial charge in [0, 0.05) is 20.9 Å². The van der Waals surface area contributed by atoms with Gasteiger partial charge in [-0.3, -0.25) is 0 Å². The molecule has 0 radical (unpaired) electrons. The zero-order valence-corrected chi connectivity index (χ0v) is 26.9. The van der Waals surface area contributed by atoms with Crippen LogP contribution in [0.25, 0.3) is 0 Å². The summed E-state index contributed by atoms with van der Waals surface area (Å²) >= 11 is 0. The molecule has 4 aromatic rings. The van der Waals surface area contributed by atoms with E-state index >= 15 is 0 Å². The topological polar surface area (TPSA) is 74.6 Å². The van der Waals surface area contributed by atoms with Crippen molar-refractivity contribution in [2.24, 2.45) is 0 Å².